The van der Waals surface area contributed by atoms with E-state index in [-0.39, 0.29) is 0 Å². The van der Waals surface area contributed by atoms with E-state index in [4.69, 9.17) is 5.73 Å². The van der Waals surface area contributed by atoms with Crippen LogP contribution in [0.25, 0.3) is 0 Å². The normalized spacial score (nSPS) is 10.8. The maximum atomic E-state index is 5.57. The van der Waals surface area contributed by atoms with E-state index in [0.717, 1.165) is 18.8 Å². The summed E-state index contributed by atoms with van der Waals surface area (Å²) < 4.78 is 3.96. The molecule has 0 aromatic carbocycles. The molecule has 0 saturated carbocycles. The molecule has 2 aromatic heterocycles. The topological polar surface area (TPSA) is 61.7 Å². The lowest BCUT2D eigenvalue weighted by Crippen LogP contribution is -2.10. The summed E-state index contributed by atoms with van der Waals surface area (Å²) in [5.41, 5.74) is 6.79. The van der Waals surface area contributed by atoms with Gasteiger partial charge in [0.25, 0.3) is 0 Å². The summed E-state index contributed by atoms with van der Waals surface area (Å²) >= 11 is 0. The second kappa shape index (κ2) is 4.27. The summed E-state index contributed by atoms with van der Waals surface area (Å²) in [4.78, 5) is 4.17. The number of nitrogens with zero attached hydrogens (tertiary/aromatic N) is 4. The zero-order valence-corrected chi connectivity index (χ0v) is 8.80. The fraction of sp³-hybridized carbons (Fsp3) is 0.400. The molecule has 2 rings (SSSR count). The van der Waals surface area contributed by atoms with Crippen LogP contribution in [0.3, 0.4) is 0 Å². The van der Waals surface area contributed by atoms with E-state index < -0.39 is 0 Å². The standard InChI is InChI=1S/C10H15N5/c1-14-9(2-4-13-14)3-6-15-7-5-12-10(15)8-11/h2,4-5,7H,3,6,8,11H2,1H3. The van der Waals surface area contributed by atoms with Gasteiger partial charge in [0.1, 0.15) is 5.82 Å². The van der Waals surface area contributed by atoms with Gasteiger partial charge in [0.2, 0.25) is 0 Å². The van der Waals surface area contributed by atoms with Gasteiger partial charge in [0, 0.05) is 44.3 Å². The first-order valence-electron chi connectivity index (χ1n) is 4.98. The molecule has 2 aromatic rings. The van der Waals surface area contributed by atoms with Gasteiger partial charge in [0.15, 0.2) is 0 Å². The molecule has 2 heterocycles. The van der Waals surface area contributed by atoms with Crippen molar-refractivity contribution < 1.29 is 0 Å². The van der Waals surface area contributed by atoms with Gasteiger partial charge in [-0.05, 0) is 6.07 Å². The molecule has 5 nitrogen and oxygen atoms in total. The minimum absolute atomic E-state index is 0.485. The van der Waals surface area contributed by atoms with Crippen LogP contribution in [0.5, 0.6) is 0 Å². The van der Waals surface area contributed by atoms with Gasteiger partial charge >= 0.3 is 0 Å². The summed E-state index contributed by atoms with van der Waals surface area (Å²) in [5.74, 6) is 0.928. The van der Waals surface area contributed by atoms with Crippen LogP contribution in [0.15, 0.2) is 24.7 Å². The summed E-state index contributed by atoms with van der Waals surface area (Å²) in [6, 6.07) is 2.03. The van der Waals surface area contributed by atoms with E-state index in [1.807, 2.05) is 30.2 Å². The molecule has 0 bridgehead atoms. The number of rotatable bonds is 4. The van der Waals surface area contributed by atoms with Crippen molar-refractivity contribution in [3.05, 3.63) is 36.2 Å². The average molecular weight is 205 g/mol. The van der Waals surface area contributed by atoms with Gasteiger partial charge in [0.05, 0.1) is 6.54 Å². The Morgan fingerprint density at radius 2 is 2.27 bits per heavy atom. The summed E-state index contributed by atoms with van der Waals surface area (Å²) in [6.45, 7) is 1.38. The quantitative estimate of drug-likeness (QED) is 0.781. The number of aryl methyl sites for hydroxylation is 3. The van der Waals surface area contributed by atoms with Gasteiger partial charge in [-0.25, -0.2) is 4.98 Å². The largest absolute Gasteiger partial charge is 0.333 e. The van der Waals surface area contributed by atoms with E-state index in [2.05, 4.69) is 14.6 Å². The van der Waals surface area contributed by atoms with E-state index in [0.29, 0.717) is 6.54 Å². The van der Waals surface area contributed by atoms with Crippen molar-refractivity contribution in [3.8, 4) is 0 Å². The molecular weight excluding hydrogens is 190 g/mol. The smallest absolute Gasteiger partial charge is 0.122 e. The van der Waals surface area contributed by atoms with Crippen LogP contribution in [-0.2, 0) is 26.6 Å². The van der Waals surface area contributed by atoms with Gasteiger partial charge < -0.3 is 10.3 Å². The Morgan fingerprint density at radius 1 is 1.40 bits per heavy atom. The Morgan fingerprint density at radius 3 is 2.93 bits per heavy atom. The average Bonchev–Trinajstić information content (AvgIpc) is 2.83. The molecule has 0 aliphatic heterocycles. The van der Waals surface area contributed by atoms with Crippen molar-refractivity contribution in [2.75, 3.05) is 0 Å². The molecule has 0 amide bonds. The zero-order chi connectivity index (χ0) is 10.7. The molecule has 80 valence electrons. The lowest BCUT2D eigenvalue weighted by Gasteiger charge is -2.06. The van der Waals surface area contributed by atoms with Crippen LogP contribution in [0.4, 0.5) is 0 Å². The van der Waals surface area contributed by atoms with Crippen molar-refractivity contribution in [1.29, 1.82) is 0 Å². The lowest BCUT2D eigenvalue weighted by atomic mass is 10.3. The van der Waals surface area contributed by atoms with Gasteiger partial charge in [-0.1, -0.05) is 0 Å². The molecule has 0 fully saturated rings. The molecule has 15 heavy (non-hydrogen) atoms. The second-order valence-electron chi connectivity index (χ2n) is 3.44. The minimum atomic E-state index is 0.485. The molecule has 0 unspecified atom stereocenters. The minimum Gasteiger partial charge on any atom is -0.333 e. The number of hydrogen-bond acceptors (Lipinski definition) is 3. The molecule has 0 aliphatic carbocycles. The van der Waals surface area contributed by atoms with Crippen molar-refractivity contribution in [2.45, 2.75) is 19.5 Å². The number of aromatic nitrogens is 4. The first-order valence-corrected chi connectivity index (χ1v) is 4.98. The highest BCUT2D eigenvalue weighted by atomic mass is 15.3. The third kappa shape index (κ3) is 2.07. The monoisotopic (exact) mass is 205 g/mol. The Bertz CT molecular complexity index is 428. The third-order valence-corrected chi connectivity index (χ3v) is 2.52. The highest BCUT2D eigenvalue weighted by Crippen LogP contribution is 2.02. The molecule has 2 N–H and O–H groups in total. The summed E-state index contributed by atoms with van der Waals surface area (Å²) in [7, 11) is 1.95. The predicted molar refractivity (Wildman–Crippen MR) is 57.0 cm³/mol. The van der Waals surface area contributed by atoms with Crippen LogP contribution in [-0.4, -0.2) is 19.3 Å². The van der Waals surface area contributed by atoms with Crippen molar-refractivity contribution in [3.63, 3.8) is 0 Å². The highest BCUT2D eigenvalue weighted by Gasteiger charge is 2.02. The van der Waals surface area contributed by atoms with E-state index in [1.165, 1.54) is 5.69 Å². The lowest BCUT2D eigenvalue weighted by molar-refractivity contribution is 0.614. The van der Waals surface area contributed by atoms with Crippen molar-refractivity contribution >= 4 is 0 Å². The van der Waals surface area contributed by atoms with Gasteiger partial charge in [-0.3, -0.25) is 4.68 Å². The Labute approximate surface area is 88.5 Å². The van der Waals surface area contributed by atoms with E-state index in [9.17, 15) is 0 Å². The first-order chi connectivity index (χ1) is 7.31. The highest BCUT2D eigenvalue weighted by molar-refractivity contribution is 5.01. The molecule has 0 radical (unpaired) electrons. The van der Waals surface area contributed by atoms with Crippen LogP contribution in [0.2, 0.25) is 0 Å². The van der Waals surface area contributed by atoms with Crippen molar-refractivity contribution in [1.82, 2.24) is 19.3 Å². The predicted octanol–water partition coefficient (Wildman–Crippen LogP) is 0.318. The van der Waals surface area contributed by atoms with Crippen LogP contribution < -0.4 is 5.73 Å². The molecule has 0 atom stereocenters. The molecule has 0 aliphatic rings. The second-order valence-corrected chi connectivity index (χ2v) is 3.44. The van der Waals surface area contributed by atoms with E-state index in [1.54, 1.807) is 6.20 Å². The van der Waals surface area contributed by atoms with Crippen LogP contribution in [0.1, 0.15) is 11.5 Å². The Hall–Kier alpha value is -1.62. The number of nitrogens with two attached hydrogens (primary N) is 1. The number of imidazole rings is 1. The molecule has 0 spiro atoms. The molecule has 0 saturated heterocycles. The number of hydrogen-bond donors (Lipinski definition) is 1. The summed E-state index contributed by atoms with van der Waals surface area (Å²) in [6.07, 6.45) is 6.50. The summed E-state index contributed by atoms with van der Waals surface area (Å²) in [5, 5.41) is 4.13. The third-order valence-electron chi connectivity index (χ3n) is 2.52. The maximum Gasteiger partial charge on any atom is 0.122 e. The van der Waals surface area contributed by atoms with Gasteiger partial charge in [-0.15, -0.1) is 0 Å². The fourth-order valence-corrected chi connectivity index (χ4v) is 1.62. The zero-order valence-electron chi connectivity index (χ0n) is 8.80. The molecular formula is C10H15N5. The Kier molecular flexibility index (Phi) is 2.82. The molecule has 5 heteroatoms. The van der Waals surface area contributed by atoms with Crippen LogP contribution >= 0.6 is 0 Å². The SMILES string of the molecule is Cn1nccc1CCn1ccnc1CN. The Balaban J connectivity index is 2.02. The first kappa shape index (κ1) is 9.92. The van der Waals surface area contributed by atoms with E-state index >= 15 is 0 Å². The maximum absolute atomic E-state index is 5.57. The van der Waals surface area contributed by atoms with Crippen molar-refractivity contribution in [2.24, 2.45) is 12.8 Å². The van der Waals surface area contributed by atoms with Gasteiger partial charge in [-0.2, -0.15) is 5.10 Å². The fourth-order valence-electron chi connectivity index (χ4n) is 1.62. The van der Waals surface area contributed by atoms with Crippen LogP contribution in [0, 0.1) is 0 Å².